The summed E-state index contributed by atoms with van der Waals surface area (Å²) in [5, 5.41) is 0. The van der Waals surface area contributed by atoms with Crippen molar-refractivity contribution >= 4 is 22.7 Å². The van der Waals surface area contributed by atoms with Gasteiger partial charge in [0.1, 0.15) is 0 Å². The molecular formula is C6H7BrN2. The molecule has 2 nitrogen and oxygen atoms in total. The lowest BCUT2D eigenvalue weighted by atomic mass is 10.2. The number of hydrogen-bond acceptors (Lipinski definition) is 0. The summed E-state index contributed by atoms with van der Waals surface area (Å²) in [6.07, 6.45) is 8.23. The van der Waals surface area contributed by atoms with Crippen LogP contribution in [0.3, 0.4) is 0 Å². The molecule has 0 heterocycles. The van der Waals surface area contributed by atoms with Gasteiger partial charge >= 0.3 is 0 Å². The molecule has 0 amide bonds. The van der Waals surface area contributed by atoms with Gasteiger partial charge in [0.2, 0.25) is 0 Å². The van der Waals surface area contributed by atoms with Crippen molar-refractivity contribution in [2.24, 2.45) is 0 Å². The molecular weight excluding hydrogens is 180 g/mol. The zero-order valence-corrected chi connectivity index (χ0v) is 6.53. The van der Waals surface area contributed by atoms with Gasteiger partial charge < -0.3 is 5.53 Å². The maximum Gasteiger partial charge on any atom is 0.295 e. The fourth-order valence-corrected chi connectivity index (χ4v) is 0.576. The van der Waals surface area contributed by atoms with E-state index in [-0.39, 0.29) is 17.0 Å². The lowest BCUT2D eigenvalue weighted by molar-refractivity contribution is -0.00537. The first-order valence-electron chi connectivity index (χ1n) is 2.47. The molecule has 0 unspecified atom stereocenters. The topological polar surface area (TPSA) is 36.4 Å². The summed E-state index contributed by atoms with van der Waals surface area (Å²) in [5.74, 6) is 0. The predicted molar refractivity (Wildman–Crippen MR) is 41.8 cm³/mol. The van der Waals surface area contributed by atoms with Gasteiger partial charge in [-0.1, -0.05) is 18.2 Å². The number of allylic oxidation sites excluding steroid dienone is 4. The monoisotopic (exact) mass is 186 g/mol. The van der Waals surface area contributed by atoms with Crippen LogP contribution in [0.2, 0.25) is 0 Å². The highest BCUT2D eigenvalue weighted by Gasteiger charge is 1.99. The molecule has 1 rings (SSSR count). The molecule has 0 N–H and O–H groups in total. The van der Waals surface area contributed by atoms with Crippen LogP contribution in [0.1, 0.15) is 6.42 Å². The van der Waals surface area contributed by atoms with E-state index < -0.39 is 0 Å². The minimum atomic E-state index is 0. The maximum absolute atomic E-state index is 8.19. The van der Waals surface area contributed by atoms with Gasteiger partial charge in [-0.15, -0.1) is 17.0 Å². The van der Waals surface area contributed by atoms with E-state index in [2.05, 4.69) is 4.79 Å². The van der Waals surface area contributed by atoms with Crippen LogP contribution in [-0.4, -0.2) is 10.5 Å². The molecule has 0 bridgehead atoms. The fraction of sp³-hybridized carbons (Fsp3) is 0.167. The third kappa shape index (κ3) is 2.40. The van der Waals surface area contributed by atoms with E-state index in [0.29, 0.717) is 5.71 Å². The Kier molecular flexibility index (Phi) is 3.93. The zero-order valence-electron chi connectivity index (χ0n) is 4.82. The molecule has 0 aromatic carbocycles. The summed E-state index contributed by atoms with van der Waals surface area (Å²) in [6.45, 7) is 0. The predicted octanol–water partition coefficient (Wildman–Crippen LogP) is 1.75. The maximum atomic E-state index is 8.19. The Hall–Kier alpha value is -0.660. The standard InChI is InChI=1S/C6H6N2.BrH/c7-8-6-4-2-1-3-5-6;/h1-4H,5H2;1H. The van der Waals surface area contributed by atoms with Crippen molar-refractivity contribution in [3.05, 3.63) is 29.8 Å². The first-order chi connectivity index (χ1) is 3.93. The fourth-order valence-electron chi connectivity index (χ4n) is 0.576. The molecule has 0 aliphatic heterocycles. The second-order valence-electron chi connectivity index (χ2n) is 1.58. The average Bonchev–Trinajstić information content (AvgIpc) is 1.90. The smallest absolute Gasteiger partial charge is 0.295 e. The molecule has 0 saturated heterocycles. The highest BCUT2D eigenvalue weighted by Crippen LogP contribution is 1.94. The largest absolute Gasteiger partial charge is 0.361 e. The minimum Gasteiger partial charge on any atom is -0.361 e. The number of rotatable bonds is 0. The molecule has 1 aliphatic carbocycles. The van der Waals surface area contributed by atoms with E-state index >= 15 is 0 Å². The van der Waals surface area contributed by atoms with Gasteiger partial charge in [-0.05, 0) is 0 Å². The summed E-state index contributed by atoms with van der Waals surface area (Å²) < 4.78 is 0. The Balaban J connectivity index is 0.000000640. The van der Waals surface area contributed by atoms with Crippen LogP contribution in [0.25, 0.3) is 5.53 Å². The van der Waals surface area contributed by atoms with Crippen LogP contribution in [0, 0.1) is 0 Å². The molecule has 0 atom stereocenters. The second-order valence-corrected chi connectivity index (χ2v) is 1.58. The highest BCUT2D eigenvalue weighted by molar-refractivity contribution is 8.93. The van der Waals surface area contributed by atoms with E-state index in [1.165, 1.54) is 0 Å². The molecule has 1 aliphatic rings. The van der Waals surface area contributed by atoms with Gasteiger partial charge in [0, 0.05) is 6.08 Å². The summed E-state index contributed by atoms with van der Waals surface area (Å²) in [6, 6.07) is 0. The summed E-state index contributed by atoms with van der Waals surface area (Å²) in [7, 11) is 0. The van der Waals surface area contributed by atoms with Crippen LogP contribution < -0.4 is 0 Å². The molecule has 0 radical (unpaired) electrons. The average molecular weight is 187 g/mol. The first kappa shape index (κ1) is 8.34. The number of nitrogens with zero attached hydrogens (tertiary/aromatic N) is 2. The van der Waals surface area contributed by atoms with Crippen molar-refractivity contribution in [2.45, 2.75) is 6.42 Å². The molecule has 3 heteroatoms. The van der Waals surface area contributed by atoms with E-state index in [9.17, 15) is 0 Å². The van der Waals surface area contributed by atoms with Crippen LogP contribution in [0.15, 0.2) is 24.3 Å². The molecule has 0 aromatic heterocycles. The normalized spacial score (nSPS) is 14.4. The third-order valence-electron chi connectivity index (χ3n) is 0.991. The van der Waals surface area contributed by atoms with Crippen LogP contribution in [0.5, 0.6) is 0 Å². The molecule has 0 spiro atoms. The zero-order chi connectivity index (χ0) is 5.82. The Morgan fingerprint density at radius 2 is 2.22 bits per heavy atom. The van der Waals surface area contributed by atoms with Crippen molar-refractivity contribution in [3.63, 3.8) is 0 Å². The van der Waals surface area contributed by atoms with Crippen molar-refractivity contribution in [1.29, 1.82) is 0 Å². The van der Waals surface area contributed by atoms with Crippen molar-refractivity contribution in [1.82, 2.24) is 0 Å². The highest BCUT2D eigenvalue weighted by atomic mass is 79.9. The van der Waals surface area contributed by atoms with Gasteiger partial charge in [-0.25, -0.2) is 0 Å². The van der Waals surface area contributed by atoms with Gasteiger partial charge in [0.25, 0.3) is 5.71 Å². The molecule has 9 heavy (non-hydrogen) atoms. The SMILES string of the molecule is Br.[N-]=[N+]=C1C=CC=CC1. The van der Waals surface area contributed by atoms with E-state index in [0.717, 1.165) is 6.42 Å². The van der Waals surface area contributed by atoms with Crippen LogP contribution in [-0.2, 0) is 0 Å². The van der Waals surface area contributed by atoms with Crippen molar-refractivity contribution in [3.8, 4) is 0 Å². The Labute approximate surface area is 64.3 Å². The lowest BCUT2D eigenvalue weighted by Crippen LogP contribution is -1.93. The van der Waals surface area contributed by atoms with Gasteiger partial charge in [0.05, 0.1) is 6.42 Å². The lowest BCUT2D eigenvalue weighted by Gasteiger charge is -1.85. The van der Waals surface area contributed by atoms with Crippen molar-refractivity contribution in [2.75, 3.05) is 0 Å². The first-order valence-corrected chi connectivity index (χ1v) is 2.47. The van der Waals surface area contributed by atoms with E-state index in [4.69, 9.17) is 5.53 Å². The van der Waals surface area contributed by atoms with Crippen molar-refractivity contribution < 1.29 is 4.79 Å². The van der Waals surface area contributed by atoms with Gasteiger partial charge in [-0.2, -0.15) is 4.79 Å². The quantitative estimate of drug-likeness (QED) is 0.409. The summed E-state index contributed by atoms with van der Waals surface area (Å²) in [4.78, 5) is 3.03. The Bertz CT molecular complexity index is 187. The summed E-state index contributed by atoms with van der Waals surface area (Å²) >= 11 is 0. The van der Waals surface area contributed by atoms with Gasteiger partial charge in [0.15, 0.2) is 0 Å². The number of hydrogen-bond donors (Lipinski definition) is 0. The molecule has 0 saturated carbocycles. The number of halogens is 1. The van der Waals surface area contributed by atoms with Crippen LogP contribution >= 0.6 is 17.0 Å². The second kappa shape index (κ2) is 4.24. The van der Waals surface area contributed by atoms with E-state index in [1.54, 1.807) is 6.08 Å². The minimum absolute atomic E-state index is 0. The van der Waals surface area contributed by atoms with Gasteiger partial charge in [-0.3, -0.25) is 0 Å². The third-order valence-corrected chi connectivity index (χ3v) is 0.991. The molecule has 48 valence electrons. The van der Waals surface area contributed by atoms with E-state index in [1.807, 2.05) is 18.2 Å². The summed E-state index contributed by atoms with van der Waals surface area (Å²) in [5.41, 5.74) is 8.91. The molecule has 0 fully saturated rings. The Morgan fingerprint density at radius 1 is 1.44 bits per heavy atom. The van der Waals surface area contributed by atoms with Crippen LogP contribution in [0.4, 0.5) is 0 Å². The Morgan fingerprint density at radius 3 is 2.56 bits per heavy atom. The molecule has 0 aromatic rings.